The summed E-state index contributed by atoms with van der Waals surface area (Å²) in [7, 11) is 0. The van der Waals surface area contributed by atoms with Gasteiger partial charge in [-0.2, -0.15) is 0 Å². The minimum absolute atomic E-state index is 0.258. The van der Waals surface area contributed by atoms with E-state index in [1.54, 1.807) is 36.4 Å². The molecule has 8 nitrogen and oxygen atoms in total. The lowest BCUT2D eigenvalue weighted by atomic mass is 10.2. The van der Waals surface area contributed by atoms with Crippen LogP contribution in [0, 0.1) is 5.21 Å². The van der Waals surface area contributed by atoms with Crippen LogP contribution in [0.1, 0.15) is 38.5 Å². The summed E-state index contributed by atoms with van der Waals surface area (Å²) in [6, 6.07) is 10.1. The van der Waals surface area contributed by atoms with Crippen LogP contribution >= 0.6 is 0 Å². The SMILES string of the molecule is Nc1ccc(N)c([NH+]([O-])c2ccc(OC3CCCCO3)cc2OC2CCCCO2)c1. The average Bonchev–Trinajstić information content (AvgIpc) is 2.77. The zero-order valence-electron chi connectivity index (χ0n) is 17.0. The molecule has 0 saturated carbocycles. The van der Waals surface area contributed by atoms with Gasteiger partial charge in [-0.1, -0.05) is 0 Å². The molecule has 3 unspecified atom stereocenters. The van der Waals surface area contributed by atoms with Crippen molar-refractivity contribution in [2.45, 2.75) is 51.1 Å². The molecule has 2 aliphatic heterocycles. The largest absolute Gasteiger partial charge is 0.623 e. The molecular formula is C22H29N3O5. The van der Waals surface area contributed by atoms with Gasteiger partial charge in [0, 0.05) is 36.7 Å². The summed E-state index contributed by atoms with van der Waals surface area (Å²) in [4.78, 5) is 0. The summed E-state index contributed by atoms with van der Waals surface area (Å²) in [6.45, 7) is 1.33. The first kappa shape index (κ1) is 20.7. The van der Waals surface area contributed by atoms with Gasteiger partial charge in [-0.3, -0.25) is 0 Å². The van der Waals surface area contributed by atoms with E-state index in [2.05, 4.69) is 0 Å². The second kappa shape index (κ2) is 9.53. The minimum Gasteiger partial charge on any atom is -0.623 e. The quantitative estimate of drug-likeness (QED) is 0.490. The minimum atomic E-state index is -0.398. The summed E-state index contributed by atoms with van der Waals surface area (Å²) < 4.78 is 23.4. The molecule has 3 atom stereocenters. The molecule has 2 aromatic rings. The van der Waals surface area contributed by atoms with E-state index in [9.17, 15) is 5.21 Å². The van der Waals surface area contributed by atoms with Crippen LogP contribution in [-0.2, 0) is 9.47 Å². The van der Waals surface area contributed by atoms with Crippen LogP contribution in [0.4, 0.5) is 22.7 Å². The predicted molar refractivity (Wildman–Crippen MR) is 114 cm³/mol. The van der Waals surface area contributed by atoms with Gasteiger partial charge < -0.3 is 40.7 Å². The Morgan fingerprint density at radius 3 is 2.20 bits per heavy atom. The number of quaternary nitrogens is 1. The van der Waals surface area contributed by atoms with Gasteiger partial charge in [0.1, 0.15) is 5.75 Å². The summed E-state index contributed by atoms with van der Waals surface area (Å²) in [5, 5.41) is 13.0. The van der Waals surface area contributed by atoms with E-state index in [1.807, 2.05) is 0 Å². The molecule has 2 saturated heterocycles. The average molecular weight is 415 g/mol. The van der Waals surface area contributed by atoms with E-state index < -0.39 is 6.29 Å². The molecule has 2 aliphatic rings. The number of anilines is 2. The molecule has 5 N–H and O–H groups in total. The lowest BCUT2D eigenvalue weighted by Crippen LogP contribution is -2.96. The Morgan fingerprint density at radius 2 is 1.53 bits per heavy atom. The van der Waals surface area contributed by atoms with E-state index in [-0.39, 0.29) is 11.4 Å². The molecule has 162 valence electrons. The second-order valence-corrected chi connectivity index (χ2v) is 7.66. The molecule has 2 fully saturated rings. The molecule has 0 aliphatic carbocycles. The van der Waals surface area contributed by atoms with Gasteiger partial charge in [-0.25, -0.2) is 0 Å². The van der Waals surface area contributed by atoms with Crippen molar-refractivity contribution in [1.29, 1.82) is 0 Å². The third-order valence-electron chi connectivity index (χ3n) is 5.32. The van der Waals surface area contributed by atoms with Crippen molar-refractivity contribution in [3.63, 3.8) is 0 Å². The van der Waals surface area contributed by atoms with Crippen molar-refractivity contribution in [2.75, 3.05) is 24.7 Å². The van der Waals surface area contributed by atoms with Crippen molar-refractivity contribution >= 4 is 22.7 Å². The molecule has 0 aromatic heterocycles. The number of ether oxygens (including phenoxy) is 4. The Morgan fingerprint density at radius 1 is 0.833 bits per heavy atom. The maximum Gasteiger partial charge on any atom is 0.200 e. The Kier molecular flexibility index (Phi) is 6.59. The molecule has 2 heterocycles. The Hall–Kier alpha value is -2.52. The maximum atomic E-state index is 13.3. The number of rotatable bonds is 6. The molecule has 30 heavy (non-hydrogen) atoms. The maximum absolute atomic E-state index is 13.3. The molecule has 0 amide bonds. The Bertz CT molecular complexity index is 851. The van der Waals surface area contributed by atoms with E-state index in [0.717, 1.165) is 38.5 Å². The lowest BCUT2D eigenvalue weighted by molar-refractivity contribution is -0.698. The first-order valence-electron chi connectivity index (χ1n) is 10.5. The fourth-order valence-electron chi connectivity index (χ4n) is 3.68. The van der Waals surface area contributed by atoms with Gasteiger partial charge in [0.2, 0.25) is 0 Å². The highest BCUT2D eigenvalue weighted by Crippen LogP contribution is 2.32. The first-order chi connectivity index (χ1) is 14.6. The fourth-order valence-corrected chi connectivity index (χ4v) is 3.68. The molecule has 0 radical (unpaired) electrons. The second-order valence-electron chi connectivity index (χ2n) is 7.66. The number of hydrogen-bond acceptors (Lipinski definition) is 7. The van der Waals surface area contributed by atoms with Crippen molar-refractivity contribution in [1.82, 2.24) is 0 Å². The summed E-state index contributed by atoms with van der Waals surface area (Å²) in [6.07, 6.45) is 5.05. The highest BCUT2D eigenvalue weighted by molar-refractivity contribution is 5.66. The third-order valence-corrected chi connectivity index (χ3v) is 5.32. The van der Waals surface area contributed by atoms with E-state index in [1.165, 1.54) is 0 Å². The highest BCUT2D eigenvalue weighted by atomic mass is 16.7. The Balaban J connectivity index is 1.62. The standard InChI is InChI=1S/C22H29N3O5/c23-15-7-9-17(24)19(13-15)25(26)18-10-8-16(29-21-5-1-3-11-27-21)14-20(18)30-22-6-2-4-12-28-22/h7-10,13-14,21-22,25H,1-6,11-12,23-24H2. The van der Waals surface area contributed by atoms with Crippen LogP contribution in [0.3, 0.4) is 0 Å². The number of nitrogens with one attached hydrogen (secondary N) is 1. The van der Waals surface area contributed by atoms with Gasteiger partial charge in [0.15, 0.2) is 29.7 Å². The summed E-state index contributed by atoms with van der Waals surface area (Å²) >= 11 is 0. The van der Waals surface area contributed by atoms with Gasteiger partial charge in [-0.15, -0.1) is 0 Å². The van der Waals surface area contributed by atoms with E-state index >= 15 is 0 Å². The third kappa shape index (κ3) is 4.96. The highest BCUT2D eigenvalue weighted by Gasteiger charge is 2.23. The predicted octanol–water partition coefficient (Wildman–Crippen LogP) is 3.01. The van der Waals surface area contributed by atoms with Crippen molar-refractivity contribution in [3.8, 4) is 11.5 Å². The fraction of sp³-hybridized carbons (Fsp3) is 0.455. The number of nitrogens with two attached hydrogens (primary N) is 2. The van der Waals surface area contributed by atoms with Gasteiger partial charge in [0.05, 0.1) is 18.9 Å². The van der Waals surface area contributed by atoms with Crippen LogP contribution in [0.25, 0.3) is 0 Å². The first-order valence-corrected chi connectivity index (χ1v) is 10.5. The smallest absolute Gasteiger partial charge is 0.200 e. The van der Waals surface area contributed by atoms with Crippen molar-refractivity contribution < 1.29 is 24.0 Å². The summed E-state index contributed by atoms with van der Waals surface area (Å²) in [5.41, 5.74) is 13.5. The van der Waals surface area contributed by atoms with Crippen LogP contribution in [0.5, 0.6) is 11.5 Å². The zero-order valence-corrected chi connectivity index (χ0v) is 17.0. The lowest BCUT2D eigenvalue weighted by Gasteiger charge is -2.29. The molecule has 4 rings (SSSR count). The topological polar surface area (TPSA) is 116 Å². The van der Waals surface area contributed by atoms with Crippen LogP contribution in [0.15, 0.2) is 36.4 Å². The van der Waals surface area contributed by atoms with Crippen LogP contribution in [-0.4, -0.2) is 25.8 Å². The number of hydrogen-bond donors (Lipinski definition) is 3. The van der Waals surface area contributed by atoms with E-state index in [0.29, 0.717) is 47.5 Å². The van der Waals surface area contributed by atoms with Crippen molar-refractivity contribution in [3.05, 3.63) is 41.6 Å². The van der Waals surface area contributed by atoms with Crippen molar-refractivity contribution in [2.24, 2.45) is 0 Å². The molecular weight excluding hydrogens is 386 g/mol. The number of benzene rings is 2. The molecule has 0 spiro atoms. The zero-order chi connectivity index (χ0) is 20.9. The van der Waals surface area contributed by atoms with Gasteiger partial charge >= 0.3 is 0 Å². The molecule has 0 bridgehead atoms. The van der Waals surface area contributed by atoms with Gasteiger partial charge in [0.25, 0.3) is 0 Å². The van der Waals surface area contributed by atoms with Gasteiger partial charge in [-0.05, 0) is 43.9 Å². The molecule has 2 aromatic carbocycles. The number of nitrogen functional groups attached to an aromatic ring is 2. The monoisotopic (exact) mass is 415 g/mol. The summed E-state index contributed by atoms with van der Waals surface area (Å²) in [5.74, 6) is 0.992. The van der Waals surface area contributed by atoms with Crippen LogP contribution < -0.4 is 26.0 Å². The normalized spacial score (nSPS) is 23.0. The van der Waals surface area contributed by atoms with E-state index in [4.69, 9.17) is 30.4 Å². The molecule has 8 heteroatoms. The Labute approximate surface area is 176 Å². The van der Waals surface area contributed by atoms with Crippen LogP contribution in [0.2, 0.25) is 0 Å².